The molecule has 0 spiro atoms. The van der Waals surface area contributed by atoms with Crippen molar-refractivity contribution in [2.24, 2.45) is 4.99 Å². The first-order valence-electron chi connectivity index (χ1n) is 9.23. The summed E-state index contributed by atoms with van der Waals surface area (Å²) in [6, 6.07) is 8.54. The SMILES string of the molecule is CN=C(NCC(C)(C)c1ccc(F)cc1)N1CCN(c2ncccn2)CC1. The molecule has 144 valence electrons. The van der Waals surface area contributed by atoms with Gasteiger partial charge in [0, 0.05) is 57.6 Å². The topological polar surface area (TPSA) is 56.7 Å². The van der Waals surface area contributed by atoms with E-state index in [1.54, 1.807) is 19.4 Å². The molecule has 0 atom stereocenters. The first-order valence-corrected chi connectivity index (χ1v) is 9.23. The third-order valence-electron chi connectivity index (χ3n) is 4.94. The van der Waals surface area contributed by atoms with Crippen LogP contribution in [0.5, 0.6) is 0 Å². The molecule has 27 heavy (non-hydrogen) atoms. The van der Waals surface area contributed by atoms with Crippen LogP contribution in [0.2, 0.25) is 0 Å². The van der Waals surface area contributed by atoms with Gasteiger partial charge in [0.25, 0.3) is 0 Å². The number of halogens is 1. The second-order valence-corrected chi connectivity index (χ2v) is 7.31. The van der Waals surface area contributed by atoms with Crippen LogP contribution in [0.3, 0.4) is 0 Å². The van der Waals surface area contributed by atoms with Crippen LogP contribution in [0.25, 0.3) is 0 Å². The number of piperazine rings is 1. The van der Waals surface area contributed by atoms with Gasteiger partial charge in [-0.3, -0.25) is 4.99 Å². The summed E-state index contributed by atoms with van der Waals surface area (Å²) in [7, 11) is 1.81. The molecule has 6 nitrogen and oxygen atoms in total. The average Bonchev–Trinajstić information content (AvgIpc) is 2.70. The number of nitrogens with zero attached hydrogens (tertiary/aromatic N) is 5. The highest BCUT2D eigenvalue weighted by Crippen LogP contribution is 2.22. The summed E-state index contributed by atoms with van der Waals surface area (Å²) in [5.41, 5.74) is 0.960. The molecule has 1 aromatic carbocycles. The van der Waals surface area contributed by atoms with Crippen molar-refractivity contribution in [1.29, 1.82) is 0 Å². The number of nitrogens with one attached hydrogen (secondary N) is 1. The molecule has 0 bridgehead atoms. The van der Waals surface area contributed by atoms with Gasteiger partial charge in [-0.15, -0.1) is 0 Å². The van der Waals surface area contributed by atoms with Gasteiger partial charge >= 0.3 is 0 Å². The largest absolute Gasteiger partial charge is 0.355 e. The molecule has 0 unspecified atom stereocenters. The zero-order chi connectivity index (χ0) is 19.3. The molecule has 1 N–H and O–H groups in total. The predicted octanol–water partition coefficient (Wildman–Crippen LogP) is 2.29. The molecule has 1 saturated heterocycles. The van der Waals surface area contributed by atoms with Gasteiger partial charge < -0.3 is 15.1 Å². The van der Waals surface area contributed by atoms with Crippen molar-refractivity contribution in [3.8, 4) is 0 Å². The van der Waals surface area contributed by atoms with E-state index in [0.29, 0.717) is 6.54 Å². The Morgan fingerprint density at radius 1 is 1.11 bits per heavy atom. The van der Waals surface area contributed by atoms with Gasteiger partial charge in [-0.25, -0.2) is 14.4 Å². The van der Waals surface area contributed by atoms with Crippen LogP contribution in [-0.2, 0) is 5.41 Å². The summed E-state index contributed by atoms with van der Waals surface area (Å²) >= 11 is 0. The van der Waals surface area contributed by atoms with E-state index in [2.05, 4.69) is 43.9 Å². The Bertz CT molecular complexity index is 752. The van der Waals surface area contributed by atoms with Crippen molar-refractivity contribution in [2.45, 2.75) is 19.3 Å². The fourth-order valence-corrected chi connectivity index (χ4v) is 3.21. The fraction of sp³-hybridized carbons (Fsp3) is 0.450. The number of benzene rings is 1. The minimum absolute atomic E-state index is 0.136. The highest BCUT2D eigenvalue weighted by Gasteiger charge is 2.24. The van der Waals surface area contributed by atoms with Crippen LogP contribution in [0.15, 0.2) is 47.7 Å². The lowest BCUT2D eigenvalue weighted by Gasteiger charge is -2.37. The second-order valence-electron chi connectivity index (χ2n) is 7.31. The molecular weight excluding hydrogens is 343 g/mol. The van der Waals surface area contributed by atoms with Crippen LogP contribution in [-0.4, -0.2) is 60.6 Å². The van der Waals surface area contributed by atoms with E-state index in [-0.39, 0.29) is 11.2 Å². The van der Waals surface area contributed by atoms with Gasteiger partial charge in [0.1, 0.15) is 5.82 Å². The van der Waals surface area contributed by atoms with E-state index in [1.807, 2.05) is 18.2 Å². The standard InChI is InChI=1S/C20H27FN6/c1-20(2,16-5-7-17(21)8-6-16)15-25-18(22-3)26-11-13-27(14-12-26)19-23-9-4-10-24-19/h4-10H,11-15H2,1-3H3,(H,22,25). The summed E-state index contributed by atoms with van der Waals surface area (Å²) < 4.78 is 13.2. The van der Waals surface area contributed by atoms with Crippen molar-refractivity contribution in [1.82, 2.24) is 20.2 Å². The number of aromatic nitrogens is 2. The van der Waals surface area contributed by atoms with Crippen molar-refractivity contribution < 1.29 is 4.39 Å². The van der Waals surface area contributed by atoms with Crippen molar-refractivity contribution >= 4 is 11.9 Å². The summed E-state index contributed by atoms with van der Waals surface area (Å²) in [5, 5.41) is 3.48. The van der Waals surface area contributed by atoms with E-state index in [9.17, 15) is 4.39 Å². The number of aliphatic imine (C=N–C) groups is 1. The Morgan fingerprint density at radius 2 is 1.74 bits per heavy atom. The molecule has 3 rings (SSSR count). The highest BCUT2D eigenvalue weighted by atomic mass is 19.1. The van der Waals surface area contributed by atoms with Crippen LogP contribution in [0, 0.1) is 5.82 Å². The van der Waals surface area contributed by atoms with Gasteiger partial charge in [-0.2, -0.15) is 0 Å². The van der Waals surface area contributed by atoms with Crippen LogP contribution in [0.1, 0.15) is 19.4 Å². The number of hydrogen-bond acceptors (Lipinski definition) is 4. The van der Waals surface area contributed by atoms with Gasteiger partial charge in [0.15, 0.2) is 5.96 Å². The molecule has 7 heteroatoms. The smallest absolute Gasteiger partial charge is 0.225 e. The molecule has 1 aliphatic rings. The number of hydrogen-bond donors (Lipinski definition) is 1. The van der Waals surface area contributed by atoms with Crippen molar-refractivity contribution in [3.05, 3.63) is 54.1 Å². The number of guanidine groups is 1. The van der Waals surface area contributed by atoms with E-state index < -0.39 is 0 Å². The lowest BCUT2D eigenvalue weighted by atomic mass is 9.84. The first-order chi connectivity index (χ1) is 13.0. The zero-order valence-electron chi connectivity index (χ0n) is 16.2. The summed E-state index contributed by atoms with van der Waals surface area (Å²) in [6.45, 7) is 8.42. The third kappa shape index (κ3) is 4.72. The monoisotopic (exact) mass is 370 g/mol. The van der Waals surface area contributed by atoms with E-state index in [1.165, 1.54) is 12.1 Å². The molecule has 1 aromatic heterocycles. The van der Waals surface area contributed by atoms with Crippen molar-refractivity contribution in [2.75, 3.05) is 44.7 Å². The van der Waals surface area contributed by atoms with E-state index in [0.717, 1.165) is 43.7 Å². The lowest BCUT2D eigenvalue weighted by Crippen LogP contribution is -2.54. The Hall–Kier alpha value is -2.70. The predicted molar refractivity (Wildman–Crippen MR) is 107 cm³/mol. The van der Waals surface area contributed by atoms with Gasteiger partial charge in [0.2, 0.25) is 5.95 Å². The fourth-order valence-electron chi connectivity index (χ4n) is 3.21. The van der Waals surface area contributed by atoms with Gasteiger partial charge in [0.05, 0.1) is 0 Å². The molecule has 2 aromatic rings. The molecular formula is C20H27FN6. The first kappa shape index (κ1) is 19.1. The van der Waals surface area contributed by atoms with Crippen LogP contribution in [0.4, 0.5) is 10.3 Å². The van der Waals surface area contributed by atoms with Gasteiger partial charge in [-0.05, 0) is 23.8 Å². The van der Waals surface area contributed by atoms with Gasteiger partial charge in [-0.1, -0.05) is 26.0 Å². The second kappa shape index (κ2) is 8.33. The molecule has 0 saturated carbocycles. The molecule has 0 radical (unpaired) electrons. The maximum atomic E-state index is 13.2. The zero-order valence-corrected chi connectivity index (χ0v) is 16.2. The summed E-state index contributed by atoms with van der Waals surface area (Å²) in [5.74, 6) is 1.45. The Balaban J connectivity index is 1.56. The molecule has 1 fully saturated rings. The quantitative estimate of drug-likeness (QED) is 0.661. The summed E-state index contributed by atoms with van der Waals surface area (Å²) in [6.07, 6.45) is 3.54. The minimum atomic E-state index is -0.210. The highest BCUT2D eigenvalue weighted by molar-refractivity contribution is 5.80. The number of anilines is 1. The molecule has 1 aliphatic heterocycles. The minimum Gasteiger partial charge on any atom is -0.355 e. The maximum Gasteiger partial charge on any atom is 0.225 e. The van der Waals surface area contributed by atoms with Crippen LogP contribution < -0.4 is 10.2 Å². The Morgan fingerprint density at radius 3 is 2.33 bits per heavy atom. The van der Waals surface area contributed by atoms with Crippen molar-refractivity contribution in [3.63, 3.8) is 0 Å². The third-order valence-corrected chi connectivity index (χ3v) is 4.94. The molecule has 2 heterocycles. The molecule has 0 amide bonds. The van der Waals surface area contributed by atoms with E-state index >= 15 is 0 Å². The lowest BCUT2D eigenvalue weighted by molar-refractivity contribution is 0.364. The normalized spacial score (nSPS) is 15.8. The Kier molecular flexibility index (Phi) is 5.88. The van der Waals surface area contributed by atoms with Crippen LogP contribution >= 0.6 is 0 Å². The maximum absolute atomic E-state index is 13.2. The average molecular weight is 370 g/mol. The number of rotatable bonds is 4. The summed E-state index contributed by atoms with van der Waals surface area (Å²) in [4.78, 5) is 17.5. The van der Waals surface area contributed by atoms with E-state index in [4.69, 9.17) is 0 Å². The Labute approximate surface area is 160 Å². The molecule has 0 aliphatic carbocycles.